The van der Waals surface area contributed by atoms with Crippen LogP contribution in [0.5, 0.6) is 5.75 Å². The molecule has 1 aliphatic carbocycles. The number of carbonyl (C=O) groups excluding carboxylic acids is 1. The summed E-state index contributed by atoms with van der Waals surface area (Å²) in [4.78, 5) is 12.1. The van der Waals surface area contributed by atoms with E-state index in [1.165, 1.54) is 25.7 Å². The van der Waals surface area contributed by atoms with Gasteiger partial charge in [-0.2, -0.15) is 0 Å². The number of carbonyl (C=O) groups is 1. The fraction of sp³-hybridized carbons (Fsp3) is 0.562. The zero-order valence-electron chi connectivity index (χ0n) is 11.2. The highest BCUT2D eigenvalue weighted by atomic mass is 16.5. The van der Waals surface area contributed by atoms with E-state index in [9.17, 15) is 4.79 Å². The molecule has 1 aromatic carbocycles. The summed E-state index contributed by atoms with van der Waals surface area (Å²) in [5, 5.41) is 3.02. The van der Waals surface area contributed by atoms with Crippen molar-refractivity contribution in [1.29, 1.82) is 0 Å². The van der Waals surface area contributed by atoms with Gasteiger partial charge >= 0.3 is 0 Å². The van der Waals surface area contributed by atoms with Crippen LogP contribution in [0.3, 0.4) is 0 Å². The Morgan fingerprint density at radius 3 is 2.84 bits per heavy atom. The molecule has 1 aliphatic heterocycles. The van der Waals surface area contributed by atoms with Crippen LogP contribution < -0.4 is 10.1 Å². The molecule has 3 rings (SSSR count). The van der Waals surface area contributed by atoms with Crippen LogP contribution in [0.15, 0.2) is 24.3 Å². The minimum absolute atomic E-state index is 0.0363. The third-order valence-electron chi connectivity index (χ3n) is 4.27. The third kappa shape index (κ3) is 2.91. The quantitative estimate of drug-likeness (QED) is 0.903. The summed E-state index contributed by atoms with van der Waals surface area (Å²) in [5.41, 5.74) is 1.14. The number of rotatable bonds is 4. The average Bonchev–Trinajstić information content (AvgIpc) is 3.07. The zero-order valence-corrected chi connectivity index (χ0v) is 11.2. The number of nitrogens with one attached hydrogen (secondary N) is 1. The van der Waals surface area contributed by atoms with Crippen molar-refractivity contribution in [3.63, 3.8) is 0 Å². The van der Waals surface area contributed by atoms with Crippen molar-refractivity contribution in [2.45, 2.75) is 44.6 Å². The highest BCUT2D eigenvalue weighted by Gasteiger charge is 2.28. The van der Waals surface area contributed by atoms with E-state index < -0.39 is 0 Å². The van der Waals surface area contributed by atoms with E-state index in [4.69, 9.17) is 4.74 Å². The Labute approximate surface area is 114 Å². The topological polar surface area (TPSA) is 38.3 Å². The van der Waals surface area contributed by atoms with Gasteiger partial charge in [-0.25, -0.2) is 0 Å². The standard InChI is InChI=1S/C16H21NO2/c18-16(17-10-9-12-5-1-2-6-12)15-11-13-7-3-4-8-14(13)19-15/h3-4,7-8,12,15H,1-2,5-6,9-11H2,(H,17,18). The molecule has 3 nitrogen and oxygen atoms in total. The predicted octanol–water partition coefficient (Wildman–Crippen LogP) is 2.69. The van der Waals surface area contributed by atoms with E-state index in [1.54, 1.807) is 0 Å². The summed E-state index contributed by atoms with van der Waals surface area (Å²) in [5.74, 6) is 1.72. The smallest absolute Gasteiger partial charge is 0.261 e. The Bertz CT molecular complexity index is 427. The maximum absolute atomic E-state index is 12.1. The number of amides is 1. The van der Waals surface area contributed by atoms with Crippen molar-refractivity contribution < 1.29 is 9.53 Å². The second-order valence-electron chi connectivity index (χ2n) is 5.65. The van der Waals surface area contributed by atoms with E-state index in [2.05, 4.69) is 5.32 Å². The molecule has 0 bridgehead atoms. The van der Waals surface area contributed by atoms with Crippen molar-refractivity contribution >= 4 is 5.91 Å². The largest absolute Gasteiger partial charge is 0.480 e. The van der Waals surface area contributed by atoms with Gasteiger partial charge in [-0.1, -0.05) is 43.9 Å². The van der Waals surface area contributed by atoms with Gasteiger partial charge < -0.3 is 10.1 Å². The van der Waals surface area contributed by atoms with E-state index in [-0.39, 0.29) is 12.0 Å². The van der Waals surface area contributed by atoms with Crippen LogP contribution in [0, 0.1) is 5.92 Å². The van der Waals surface area contributed by atoms with Crippen LogP contribution in [0.4, 0.5) is 0 Å². The first-order valence-corrected chi connectivity index (χ1v) is 7.35. The summed E-state index contributed by atoms with van der Waals surface area (Å²) < 4.78 is 5.68. The van der Waals surface area contributed by atoms with Crippen LogP contribution in [-0.4, -0.2) is 18.6 Å². The number of hydrogen-bond donors (Lipinski definition) is 1. The molecule has 1 amide bonds. The summed E-state index contributed by atoms with van der Waals surface area (Å²) in [6.45, 7) is 0.791. The van der Waals surface area contributed by atoms with Crippen molar-refractivity contribution in [2.75, 3.05) is 6.54 Å². The molecule has 0 saturated heterocycles. The van der Waals surface area contributed by atoms with E-state index in [0.29, 0.717) is 6.42 Å². The molecule has 1 fully saturated rings. The van der Waals surface area contributed by atoms with Crippen LogP contribution in [0.1, 0.15) is 37.7 Å². The van der Waals surface area contributed by atoms with Crippen LogP contribution in [-0.2, 0) is 11.2 Å². The summed E-state index contributed by atoms with van der Waals surface area (Å²) in [6, 6.07) is 7.89. The van der Waals surface area contributed by atoms with Gasteiger partial charge in [0.25, 0.3) is 5.91 Å². The maximum Gasteiger partial charge on any atom is 0.261 e. The monoisotopic (exact) mass is 259 g/mol. The molecule has 1 unspecified atom stereocenters. The van der Waals surface area contributed by atoms with Crippen molar-refractivity contribution in [2.24, 2.45) is 5.92 Å². The molecule has 3 heteroatoms. The van der Waals surface area contributed by atoms with Gasteiger partial charge in [-0.3, -0.25) is 4.79 Å². The molecule has 102 valence electrons. The molecule has 1 aromatic rings. The molecule has 2 aliphatic rings. The lowest BCUT2D eigenvalue weighted by Gasteiger charge is -2.13. The Morgan fingerprint density at radius 2 is 2.05 bits per heavy atom. The Kier molecular flexibility index (Phi) is 3.72. The van der Waals surface area contributed by atoms with Crippen LogP contribution in [0.2, 0.25) is 0 Å². The van der Waals surface area contributed by atoms with Gasteiger partial charge in [0.15, 0.2) is 6.10 Å². The number of ether oxygens (including phenoxy) is 1. The maximum atomic E-state index is 12.1. The first-order valence-electron chi connectivity index (χ1n) is 7.35. The number of para-hydroxylation sites is 1. The van der Waals surface area contributed by atoms with Crippen LogP contribution >= 0.6 is 0 Å². The lowest BCUT2D eigenvalue weighted by atomic mass is 10.0. The van der Waals surface area contributed by atoms with E-state index >= 15 is 0 Å². The lowest BCUT2D eigenvalue weighted by Crippen LogP contribution is -2.38. The zero-order chi connectivity index (χ0) is 13.1. The fourth-order valence-corrected chi connectivity index (χ4v) is 3.14. The first-order chi connectivity index (χ1) is 9.33. The molecule has 1 saturated carbocycles. The minimum Gasteiger partial charge on any atom is -0.480 e. The van der Waals surface area contributed by atoms with Gasteiger partial charge in [0.2, 0.25) is 0 Å². The number of benzene rings is 1. The van der Waals surface area contributed by atoms with Gasteiger partial charge in [-0.15, -0.1) is 0 Å². The van der Waals surface area contributed by atoms with E-state index in [0.717, 1.165) is 30.2 Å². The van der Waals surface area contributed by atoms with Crippen molar-refractivity contribution in [3.05, 3.63) is 29.8 Å². The highest BCUT2D eigenvalue weighted by molar-refractivity contribution is 5.82. The molecule has 0 radical (unpaired) electrons. The van der Waals surface area contributed by atoms with Crippen molar-refractivity contribution in [3.8, 4) is 5.75 Å². The molecule has 0 spiro atoms. The number of hydrogen-bond acceptors (Lipinski definition) is 2. The van der Waals surface area contributed by atoms with Gasteiger partial charge in [0, 0.05) is 13.0 Å². The van der Waals surface area contributed by atoms with E-state index in [1.807, 2.05) is 24.3 Å². The second-order valence-corrected chi connectivity index (χ2v) is 5.65. The fourth-order valence-electron chi connectivity index (χ4n) is 3.14. The van der Waals surface area contributed by atoms with Gasteiger partial charge in [0.1, 0.15) is 5.75 Å². The summed E-state index contributed by atoms with van der Waals surface area (Å²) >= 11 is 0. The summed E-state index contributed by atoms with van der Waals surface area (Å²) in [6.07, 6.45) is 6.87. The number of fused-ring (bicyclic) bond motifs is 1. The highest BCUT2D eigenvalue weighted by Crippen LogP contribution is 2.29. The second kappa shape index (κ2) is 5.64. The lowest BCUT2D eigenvalue weighted by molar-refractivity contribution is -0.127. The molecule has 1 N–H and O–H groups in total. The molecule has 1 heterocycles. The third-order valence-corrected chi connectivity index (χ3v) is 4.27. The molecular weight excluding hydrogens is 238 g/mol. The Balaban J connectivity index is 1.44. The SMILES string of the molecule is O=C(NCCC1CCCC1)C1Cc2ccccc2O1. The average molecular weight is 259 g/mol. The van der Waals surface area contributed by atoms with Gasteiger partial charge in [-0.05, 0) is 24.0 Å². The van der Waals surface area contributed by atoms with Crippen molar-refractivity contribution in [1.82, 2.24) is 5.32 Å². The Morgan fingerprint density at radius 1 is 1.26 bits per heavy atom. The predicted molar refractivity (Wildman–Crippen MR) is 74.1 cm³/mol. The first kappa shape index (κ1) is 12.5. The van der Waals surface area contributed by atoms with Crippen LogP contribution in [0.25, 0.3) is 0 Å². The molecule has 19 heavy (non-hydrogen) atoms. The summed E-state index contributed by atoms with van der Waals surface area (Å²) in [7, 11) is 0. The molecule has 1 atom stereocenters. The van der Waals surface area contributed by atoms with Gasteiger partial charge in [0.05, 0.1) is 0 Å². The molecule has 0 aromatic heterocycles. The minimum atomic E-state index is -0.332. The normalized spacial score (nSPS) is 22.0. The Hall–Kier alpha value is -1.51. The molecular formula is C16H21NO2.